The fraction of sp³-hybridized carbons (Fsp3) is 0.500. The second-order valence-corrected chi connectivity index (χ2v) is 4.41. The van der Waals surface area contributed by atoms with Crippen LogP contribution in [0, 0.1) is 0 Å². The van der Waals surface area contributed by atoms with Crippen LogP contribution in [0.4, 0.5) is 0 Å². The molecule has 0 saturated heterocycles. The number of methoxy groups -OCH3 is 2. The fourth-order valence-corrected chi connectivity index (χ4v) is 2.03. The molecule has 0 radical (unpaired) electrons. The molecule has 0 spiro atoms. The highest BCUT2D eigenvalue weighted by Crippen LogP contribution is 2.24. The van der Waals surface area contributed by atoms with Crippen molar-refractivity contribution in [2.75, 3.05) is 14.2 Å². The van der Waals surface area contributed by atoms with Crippen LogP contribution >= 0.6 is 11.3 Å². The summed E-state index contributed by atoms with van der Waals surface area (Å²) in [5, 5.41) is 19.4. The summed E-state index contributed by atoms with van der Waals surface area (Å²) in [6.45, 7) is 0. The molecule has 0 saturated carbocycles. The van der Waals surface area contributed by atoms with Crippen molar-refractivity contribution in [1.29, 1.82) is 0 Å². The molecule has 0 fully saturated rings. The van der Waals surface area contributed by atoms with Gasteiger partial charge >= 0.3 is 11.9 Å². The molecule has 0 bridgehead atoms. The predicted octanol–water partition coefficient (Wildman–Crippen LogP) is -0.113. The molecule has 0 aliphatic carbocycles. The summed E-state index contributed by atoms with van der Waals surface area (Å²) in [7, 11) is 2.41. The Kier molecular flexibility index (Phi) is 5.20. The number of aromatic nitrogens is 1. The summed E-state index contributed by atoms with van der Waals surface area (Å²) in [5.41, 5.74) is 0. The van der Waals surface area contributed by atoms with Crippen LogP contribution in [-0.4, -0.2) is 47.5 Å². The number of aliphatic hydroxyl groups is 2. The van der Waals surface area contributed by atoms with Crippen LogP contribution in [0.15, 0.2) is 6.20 Å². The van der Waals surface area contributed by atoms with Crippen molar-refractivity contribution in [3.63, 3.8) is 0 Å². The number of rotatable bonds is 5. The zero-order valence-corrected chi connectivity index (χ0v) is 10.6. The van der Waals surface area contributed by atoms with Gasteiger partial charge in [-0.15, -0.1) is 11.3 Å². The zero-order chi connectivity index (χ0) is 13.7. The van der Waals surface area contributed by atoms with Gasteiger partial charge in [-0.1, -0.05) is 0 Å². The molecule has 18 heavy (non-hydrogen) atoms. The van der Waals surface area contributed by atoms with E-state index in [4.69, 9.17) is 0 Å². The second kappa shape index (κ2) is 6.43. The molecule has 7 nitrogen and oxygen atoms in total. The largest absolute Gasteiger partial charge is 0.469 e. The lowest BCUT2D eigenvalue weighted by atomic mass is 10.1. The van der Waals surface area contributed by atoms with Crippen LogP contribution in [0.3, 0.4) is 0 Å². The number of hydrogen-bond donors (Lipinski definition) is 2. The van der Waals surface area contributed by atoms with E-state index in [1.54, 1.807) is 0 Å². The lowest BCUT2D eigenvalue weighted by Gasteiger charge is -2.13. The van der Waals surface area contributed by atoms with E-state index in [2.05, 4.69) is 14.5 Å². The fourth-order valence-electron chi connectivity index (χ4n) is 1.15. The summed E-state index contributed by atoms with van der Waals surface area (Å²) in [6.07, 6.45) is -1.81. The highest BCUT2D eigenvalue weighted by molar-refractivity contribution is 7.13. The Balaban J connectivity index is 2.71. The number of esters is 2. The minimum Gasteiger partial charge on any atom is -0.469 e. The van der Waals surface area contributed by atoms with Crippen molar-refractivity contribution in [2.24, 2.45) is 0 Å². The smallest absolute Gasteiger partial charge is 0.349 e. The van der Waals surface area contributed by atoms with E-state index >= 15 is 0 Å². The van der Waals surface area contributed by atoms with Gasteiger partial charge in [-0.25, -0.2) is 9.78 Å². The quantitative estimate of drug-likeness (QED) is 0.722. The first-order valence-corrected chi connectivity index (χ1v) is 5.78. The first kappa shape index (κ1) is 14.6. The van der Waals surface area contributed by atoms with Crippen LogP contribution in [0.1, 0.15) is 27.2 Å². The van der Waals surface area contributed by atoms with Crippen molar-refractivity contribution >= 4 is 23.3 Å². The summed E-state index contributed by atoms with van der Waals surface area (Å²) in [4.78, 5) is 26.1. The molecule has 0 amide bonds. The van der Waals surface area contributed by atoms with E-state index in [9.17, 15) is 19.8 Å². The van der Waals surface area contributed by atoms with Crippen molar-refractivity contribution in [1.82, 2.24) is 4.98 Å². The maximum atomic E-state index is 11.2. The van der Waals surface area contributed by atoms with Gasteiger partial charge in [0.1, 0.15) is 16.0 Å². The summed E-state index contributed by atoms with van der Waals surface area (Å²) in [5.74, 6) is -1.22. The first-order valence-electron chi connectivity index (χ1n) is 4.96. The van der Waals surface area contributed by atoms with Gasteiger partial charge in [0, 0.05) is 0 Å². The number of hydrogen-bond acceptors (Lipinski definition) is 8. The molecule has 1 aromatic rings. The lowest BCUT2D eigenvalue weighted by molar-refractivity contribution is -0.144. The van der Waals surface area contributed by atoms with E-state index in [0.717, 1.165) is 11.3 Å². The average Bonchev–Trinajstić information content (AvgIpc) is 2.86. The van der Waals surface area contributed by atoms with Crippen molar-refractivity contribution in [3.05, 3.63) is 16.1 Å². The molecule has 0 aromatic carbocycles. The van der Waals surface area contributed by atoms with Gasteiger partial charge in [-0.3, -0.25) is 4.79 Å². The second-order valence-electron chi connectivity index (χ2n) is 3.35. The lowest BCUT2D eigenvalue weighted by Crippen LogP contribution is -2.22. The van der Waals surface area contributed by atoms with Crippen molar-refractivity contribution < 1.29 is 29.3 Å². The van der Waals surface area contributed by atoms with E-state index in [1.807, 2.05) is 0 Å². The van der Waals surface area contributed by atoms with Gasteiger partial charge < -0.3 is 19.7 Å². The van der Waals surface area contributed by atoms with E-state index in [1.165, 1.54) is 20.4 Å². The average molecular weight is 275 g/mol. The third kappa shape index (κ3) is 3.49. The minimum atomic E-state index is -1.35. The Morgan fingerprint density at radius 3 is 2.61 bits per heavy atom. The molecule has 1 heterocycles. The number of nitrogens with zero attached hydrogens (tertiary/aromatic N) is 1. The van der Waals surface area contributed by atoms with Crippen LogP contribution in [0.2, 0.25) is 0 Å². The summed E-state index contributed by atoms with van der Waals surface area (Å²) >= 11 is 0.889. The maximum absolute atomic E-state index is 11.2. The molecule has 100 valence electrons. The van der Waals surface area contributed by atoms with Gasteiger partial charge in [0.2, 0.25) is 0 Å². The highest BCUT2D eigenvalue weighted by atomic mass is 32.1. The highest BCUT2D eigenvalue weighted by Gasteiger charge is 2.25. The van der Waals surface area contributed by atoms with Gasteiger partial charge in [0.05, 0.1) is 32.9 Å². The molecule has 1 rings (SSSR count). The molecule has 0 aliphatic rings. The summed E-state index contributed by atoms with van der Waals surface area (Å²) < 4.78 is 8.85. The minimum absolute atomic E-state index is 0.131. The Hall–Kier alpha value is -1.51. The molecular formula is C10H13NO6S. The van der Waals surface area contributed by atoms with Gasteiger partial charge in [-0.2, -0.15) is 0 Å². The topological polar surface area (TPSA) is 106 Å². The molecule has 8 heteroatoms. The Bertz CT molecular complexity index is 432. The Morgan fingerprint density at radius 1 is 1.39 bits per heavy atom. The Morgan fingerprint density at radius 2 is 2.06 bits per heavy atom. The molecule has 0 aliphatic heterocycles. The molecule has 2 N–H and O–H groups in total. The molecular weight excluding hydrogens is 262 g/mol. The number of carbonyl (C=O) groups is 2. The third-order valence-corrected chi connectivity index (χ3v) is 3.18. The van der Waals surface area contributed by atoms with Gasteiger partial charge in [0.15, 0.2) is 0 Å². The van der Waals surface area contributed by atoms with Crippen LogP contribution in [0.25, 0.3) is 0 Å². The molecule has 1 aromatic heterocycles. The number of thiazole rings is 1. The summed E-state index contributed by atoms with van der Waals surface area (Å²) in [6, 6.07) is 0. The van der Waals surface area contributed by atoms with Gasteiger partial charge in [0.25, 0.3) is 0 Å². The van der Waals surface area contributed by atoms with Gasteiger partial charge in [-0.05, 0) is 0 Å². The maximum Gasteiger partial charge on any atom is 0.349 e. The number of carbonyl (C=O) groups excluding carboxylic acids is 2. The number of aliphatic hydroxyl groups excluding tert-OH is 2. The normalized spacial score (nSPS) is 13.8. The molecule has 2 unspecified atom stereocenters. The SMILES string of the molecule is COC(=O)CC(O)C(O)c1ncc(C(=O)OC)s1. The van der Waals surface area contributed by atoms with E-state index in [-0.39, 0.29) is 16.3 Å². The van der Waals surface area contributed by atoms with Crippen LogP contribution in [-0.2, 0) is 14.3 Å². The number of ether oxygens (including phenoxy) is 2. The first-order chi connectivity index (χ1) is 8.49. The predicted molar refractivity (Wildman–Crippen MR) is 61.1 cm³/mol. The molecule has 2 atom stereocenters. The zero-order valence-electron chi connectivity index (χ0n) is 9.82. The Labute approximate surface area is 107 Å². The van der Waals surface area contributed by atoms with Crippen molar-refractivity contribution in [3.8, 4) is 0 Å². The standard InChI is InChI=1S/C10H13NO6S/c1-16-7(13)3-5(12)8(14)9-11-4-6(18-9)10(15)17-2/h4-5,8,12,14H,3H2,1-2H3. The monoisotopic (exact) mass is 275 g/mol. The van der Waals surface area contributed by atoms with E-state index in [0.29, 0.717) is 0 Å². The van der Waals surface area contributed by atoms with Crippen LogP contribution in [0.5, 0.6) is 0 Å². The van der Waals surface area contributed by atoms with Crippen LogP contribution < -0.4 is 0 Å². The van der Waals surface area contributed by atoms with Crippen molar-refractivity contribution in [2.45, 2.75) is 18.6 Å². The van der Waals surface area contributed by atoms with E-state index < -0.39 is 24.1 Å². The third-order valence-electron chi connectivity index (χ3n) is 2.13.